The second kappa shape index (κ2) is 7.06. The predicted octanol–water partition coefficient (Wildman–Crippen LogP) is -0.344. The van der Waals surface area contributed by atoms with Crippen LogP contribution in [0.25, 0.3) is 0 Å². The maximum Gasteiger partial charge on any atom is 0.233 e. The van der Waals surface area contributed by atoms with Crippen molar-refractivity contribution < 1.29 is 13.2 Å². The monoisotopic (exact) mass is 277 g/mol. The first kappa shape index (κ1) is 15.4. The van der Waals surface area contributed by atoms with Gasteiger partial charge in [0.15, 0.2) is 9.84 Å². The Morgan fingerprint density at radius 1 is 1.39 bits per heavy atom. The number of nitrogens with two attached hydrogens (primary N) is 1. The van der Waals surface area contributed by atoms with E-state index in [9.17, 15) is 13.2 Å². The summed E-state index contributed by atoms with van der Waals surface area (Å²) in [5.41, 5.74) is 2.11. The molecule has 1 amide bonds. The van der Waals surface area contributed by atoms with Crippen LogP contribution in [-0.2, 0) is 14.6 Å². The van der Waals surface area contributed by atoms with Crippen molar-refractivity contribution in [3.8, 4) is 0 Å². The van der Waals surface area contributed by atoms with Crippen LogP contribution < -0.4 is 11.3 Å². The number of sulfone groups is 1. The molecule has 0 saturated carbocycles. The fourth-order valence-electron chi connectivity index (χ4n) is 2.21. The minimum Gasteiger partial charge on any atom is -0.299 e. The molecule has 1 heterocycles. The van der Waals surface area contributed by atoms with Gasteiger partial charge in [0.05, 0.1) is 11.5 Å². The molecule has 1 rings (SSSR count). The van der Waals surface area contributed by atoms with Crippen LogP contribution in [0.15, 0.2) is 0 Å². The molecule has 6 nitrogen and oxygen atoms in total. The summed E-state index contributed by atoms with van der Waals surface area (Å²) in [6, 6.07) is 0.107. The van der Waals surface area contributed by atoms with E-state index >= 15 is 0 Å². The number of hydrogen-bond acceptors (Lipinski definition) is 5. The first-order valence-corrected chi connectivity index (χ1v) is 8.20. The van der Waals surface area contributed by atoms with Gasteiger partial charge in [-0.3, -0.25) is 15.1 Å². The molecular formula is C11H23N3O3S. The minimum absolute atomic E-state index is 0.107. The Morgan fingerprint density at radius 3 is 2.72 bits per heavy atom. The van der Waals surface area contributed by atoms with Gasteiger partial charge in [-0.1, -0.05) is 6.42 Å². The van der Waals surface area contributed by atoms with E-state index in [0.717, 1.165) is 25.8 Å². The van der Waals surface area contributed by atoms with Gasteiger partial charge in [0.25, 0.3) is 0 Å². The van der Waals surface area contributed by atoms with Crippen molar-refractivity contribution >= 4 is 15.7 Å². The van der Waals surface area contributed by atoms with E-state index in [1.165, 1.54) is 0 Å². The van der Waals surface area contributed by atoms with Crippen LogP contribution in [0.1, 0.15) is 32.6 Å². The van der Waals surface area contributed by atoms with Gasteiger partial charge in [0, 0.05) is 19.0 Å². The maximum atomic E-state index is 11.4. The lowest BCUT2D eigenvalue weighted by Crippen LogP contribution is -2.47. The summed E-state index contributed by atoms with van der Waals surface area (Å²) in [4.78, 5) is 13.1. The van der Waals surface area contributed by atoms with E-state index in [4.69, 9.17) is 5.84 Å². The molecule has 3 N–H and O–H groups in total. The van der Waals surface area contributed by atoms with E-state index in [0.29, 0.717) is 13.0 Å². The normalized spacial score (nSPS) is 23.8. The van der Waals surface area contributed by atoms with Gasteiger partial charge in [-0.05, 0) is 26.3 Å². The van der Waals surface area contributed by atoms with Crippen LogP contribution in [0.4, 0.5) is 0 Å². The smallest absolute Gasteiger partial charge is 0.233 e. The average molecular weight is 277 g/mol. The maximum absolute atomic E-state index is 11.4. The number of unbranched alkanes of at least 4 members (excludes halogenated alkanes) is 2. The van der Waals surface area contributed by atoms with E-state index in [1.54, 1.807) is 0 Å². The number of carbonyl (C=O) groups is 1. The number of hydrazine groups is 1. The predicted molar refractivity (Wildman–Crippen MR) is 70.5 cm³/mol. The molecule has 18 heavy (non-hydrogen) atoms. The molecule has 1 unspecified atom stereocenters. The van der Waals surface area contributed by atoms with E-state index in [-0.39, 0.29) is 23.5 Å². The lowest BCUT2D eigenvalue weighted by molar-refractivity contribution is -0.121. The molecule has 1 fully saturated rings. The molecule has 0 aromatic rings. The van der Waals surface area contributed by atoms with Crippen LogP contribution in [0.3, 0.4) is 0 Å². The molecule has 0 aromatic carbocycles. The quantitative estimate of drug-likeness (QED) is 0.300. The highest BCUT2D eigenvalue weighted by Gasteiger charge is 2.27. The Hall–Kier alpha value is -0.660. The van der Waals surface area contributed by atoms with Gasteiger partial charge in [-0.15, -0.1) is 0 Å². The fourth-order valence-corrected chi connectivity index (χ4v) is 3.84. The molecule has 1 atom stereocenters. The fraction of sp³-hybridized carbons (Fsp3) is 0.909. The molecule has 1 aliphatic heterocycles. The van der Waals surface area contributed by atoms with Gasteiger partial charge in [0.2, 0.25) is 5.91 Å². The van der Waals surface area contributed by atoms with Crippen molar-refractivity contribution in [2.24, 2.45) is 5.84 Å². The highest BCUT2D eigenvalue weighted by atomic mass is 32.2. The van der Waals surface area contributed by atoms with Crippen LogP contribution >= 0.6 is 0 Å². The van der Waals surface area contributed by atoms with Crippen molar-refractivity contribution in [3.05, 3.63) is 0 Å². The van der Waals surface area contributed by atoms with Gasteiger partial charge in [-0.25, -0.2) is 14.3 Å². The minimum atomic E-state index is -2.82. The summed E-state index contributed by atoms with van der Waals surface area (Å²) in [7, 11) is -2.82. The largest absolute Gasteiger partial charge is 0.299 e. The molecule has 0 radical (unpaired) electrons. The van der Waals surface area contributed by atoms with Gasteiger partial charge in [0.1, 0.15) is 0 Å². The van der Waals surface area contributed by atoms with Crippen molar-refractivity contribution in [2.45, 2.75) is 38.6 Å². The Balaban J connectivity index is 2.15. The zero-order chi connectivity index (χ0) is 13.6. The molecule has 1 aliphatic rings. The molecule has 1 saturated heterocycles. The number of nitrogens with zero attached hydrogens (tertiary/aromatic N) is 1. The van der Waals surface area contributed by atoms with Gasteiger partial charge in [-0.2, -0.15) is 0 Å². The SMILES string of the molecule is CC1CS(=O)(=O)CCN1CCCCCC(=O)NN. The second-order valence-electron chi connectivity index (χ2n) is 4.88. The van der Waals surface area contributed by atoms with Crippen LogP contribution in [0.5, 0.6) is 0 Å². The topological polar surface area (TPSA) is 92.5 Å². The standard InChI is InChI=1S/C11H23N3O3S/c1-10-9-18(16,17)8-7-14(10)6-4-2-3-5-11(15)13-12/h10H,2-9,12H2,1H3,(H,13,15). The molecule has 0 aromatic heterocycles. The Bertz CT molecular complexity index is 370. The number of amides is 1. The Morgan fingerprint density at radius 2 is 2.11 bits per heavy atom. The van der Waals surface area contributed by atoms with Crippen molar-refractivity contribution in [1.82, 2.24) is 10.3 Å². The molecule has 0 bridgehead atoms. The number of nitrogens with one attached hydrogen (secondary N) is 1. The zero-order valence-corrected chi connectivity index (χ0v) is 11.7. The first-order valence-electron chi connectivity index (χ1n) is 6.38. The summed E-state index contributed by atoms with van der Waals surface area (Å²) < 4.78 is 22.8. The summed E-state index contributed by atoms with van der Waals surface area (Å²) in [5, 5.41) is 0. The van der Waals surface area contributed by atoms with Gasteiger partial charge < -0.3 is 0 Å². The zero-order valence-electron chi connectivity index (χ0n) is 10.9. The number of carbonyl (C=O) groups excluding carboxylic acids is 1. The van der Waals surface area contributed by atoms with Crippen molar-refractivity contribution in [1.29, 1.82) is 0 Å². The summed E-state index contributed by atoms with van der Waals surface area (Å²) >= 11 is 0. The highest BCUT2D eigenvalue weighted by molar-refractivity contribution is 7.91. The Kier molecular flexibility index (Phi) is 6.04. The number of rotatable bonds is 6. The highest BCUT2D eigenvalue weighted by Crippen LogP contribution is 2.12. The Labute approximate surface area is 109 Å². The molecule has 0 spiro atoms. The molecule has 106 valence electrons. The lowest BCUT2D eigenvalue weighted by atomic mass is 10.1. The third kappa shape index (κ3) is 5.32. The average Bonchev–Trinajstić information content (AvgIpc) is 2.30. The third-order valence-electron chi connectivity index (χ3n) is 3.32. The van der Waals surface area contributed by atoms with Crippen LogP contribution in [-0.4, -0.2) is 49.9 Å². The summed E-state index contributed by atoms with van der Waals surface area (Å²) in [6.07, 6.45) is 3.23. The van der Waals surface area contributed by atoms with Crippen LogP contribution in [0.2, 0.25) is 0 Å². The van der Waals surface area contributed by atoms with Crippen LogP contribution in [0, 0.1) is 0 Å². The third-order valence-corrected chi connectivity index (χ3v) is 5.11. The van der Waals surface area contributed by atoms with E-state index < -0.39 is 9.84 Å². The summed E-state index contributed by atoms with van der Waals surface area (Å²) in [5.74, 6) is 5.39. The summed E-state index contributed by atoms with van der Waals surface area (Å²) in [6.45, 7) is 3.49. The van der Waals surface area contributed by atoms with Gasteiger partial charge >= 0.3 is 0 Å². The van der Waals surface area contributed by atoms with Crippen molar-refractivity contribution in [3.63, 3.8) is 0 Å². The molecule has 0 aliphatic carbocycles. The first-order chi connectivity index (χ1) is 8.44. The second-order valence-corrected chi connectivity index (χ2v) is 7.11. The molecular weight excluding hydrogens is 254 g/mol. The van der Waals surface area contributed by atoms with E-state index in [2.05, 4.69) is 10.3 Å². The van der Waals surface area contributed by atoms with E-state index in [1.807, 2.05) is 6.92 Å². The lowest BCUT2D eigenvalue weighted by Gasteiger charge is -2.33. The van der Waals surface area contributed by atoms with Crippen molar-refractivity contribution in [2.75, 3.05) is 24.6 Å². The molecule has 7 heteroatoms. The number of hydrogen-bond donors (Lipinski definition) is 2.